The second kappa shape index (κ2) is 7.97. The maximum Gasteiger partial charge on any atom is 0.326 e. The molecular formula is C22H26N4O4S. The molecular weight excluding hydrogens is 416 g/mol. The number of benzene rings is 2. The van der Waals surface area contributed by atoms with Crippen LogP contribution in [0.4, 0.5) is 0 Å². The SMILES string of the molecule is CC(c1cccc(S(N)(=O)=O)c1)N(C)C(=O)c1ccc2c(c1)[nH]c(=O)n2C1CCCC1. The molecule has 31 heavy (non-hydrogen) atoms. The number of hydrogen-bond donors (Lipinski definition) is 2. The minimum absolute atomic E-state index is 0.00458. The molecule has 0 spiro atoms. The van der Waals surface area contributed by atoms with Gasteiger partial charge in [0.2, 0.25) is 10.0 Å². The fourth-order valence-corrected chi connectivity index (χ4v) is 4.91. The quantitative estimate of drug-likeness (QED) is 0.631. The Labute approximate surface area is 180 Å². The van der Waals surface area contributed by atoms with E-state index in [0.29, 0.717) is 16.6 Å². The second-order valence-corrected chi connectivity index (χ2v) is 9.74. The minimum Gasteiger partial charge on any atom is -0.335 e. The third-order valence-electron chi connectivity index (χ3n) is 6.22. The molecule has 1 fully saturated rings. The standard InChI is InChI=1S/C22H26N4O4S/c1-14(15-6-5-9-18(12-15)31(23,29)30)25(2)21(27)16-10-11-20-19(13-16)24-22(28)26(20)17-7-3-4-8-17/h5-6,9-14,17H,3-4,7-8H2,1-2H3,(H,24,28)(H2,23,29,30). The van der Waals surface area contributed by atoms with Crippen LogP contribution in [0.15, 0.2) is 52.2 Å². The molecule has 4 rings (SSSR count). The van der Waals surface area contributed by atoms with Gasteiger partial charge in [0.1, 0.15) is 0 Å². The Morgan fingerprint density at radius 3 is 2.58 bits per heavy atom. The summed E-state index contributed by atoms with van der Waals surface area (Å²) in [6.45, 7) is 1.82. The molecule has 1 aliphatic rings. The number of rotatable bonds is 5. The van der Waals surface area contributed by atoms with Crippen LogP contribution in [-0.4, -0.2) is 35.8 Å². The van der Waals surface area contributed by atoms with Gasteiger partial charge in [-0.1, -0.05) is 25.0 Å². The summed E-state index contributed by atoms with van der Waals surface area (Å²) in [7, 11) is -2.17. The zero-order valence-corrected chi connectivity index (χ0v) is 18.4. The number of carbonyl (C=O) groups excluding carboxylic acids is 1. The van der Waals surface area contributed by atoms with E-state index >= 15 is 0 Å². The van der Waals surface area contributed by atoms with E-state index in [-0.39, 0.29) is 28.6 Å². The van der Waals surface area contributed by atoms with Gasteiger partial charge >= 0.3 is 5.69 Å². The summed E-state index contributed by atoms with van der Waals surface area (Å²) in [5.74, 6) is -0.232. The first-order chi connectivity index (χ1) is 14.7. The van der Waals surface area contributed by atoms with Gasteiger partial charge in [0.05, 0.1) is 22.0 Å². The highest BCUT2D eigenvalue weighted by atomic mass is 32.2. The number of hydrogen-bond acceptors (Lipinski definition) is 4. The van der Waals surface area contributed by atoms with Crippen LogP contribution >= 0.6 is 0 Å². The maximum absolute atomic E-state index is 13.1. The molecule has 9 heteroatoms. The summed E-state index contributed by atoms with van der Waals surface area (Å²) in [5.41, 5.74) is 2.41. The van der Waals surface area contributed by atoms with E-state index in [4.69, 9.17) is 5.14 Å². The van der Waals surface area contributed by atoms with Crippen molar-refractivity contribution in [2.24, 2.45) is 5.14 Å². The van der Waals surface area contributed by atoms with Crippen LogP contribution in [0, 0.1) is 0 Å². The molecule has 3 aromatic rings. The van der Waals surface area contributed by atoms with Gasteiger partial charge in [-0.25, -0.2) is 18.4 Å². The highest BCUT2D eigenvalue weighted by Crippen LogP contribution is 2.31. The molecule has 1 aromatic heterocycles. The average Bonchev–Trinajstić information content (AvgIpc) is 3.37. The van der Waals surface area contributed by atoms with Crippen LogP contribution < -0.4 is 10.8 Å². The molecule has 1 unspecified atom stereocenters. The monoisotopic (exact) mass is 442 g/mol. The van der Waals surface area contributed by atoms with Crippen molar-refractivity contribution >= 4 is 27.0 Å². The molecule has 2 aromatic carbocycles. The zero-order valence-electron chi connectivity index (χ0n) is 17.5. The van der Waals surface area contributed by atoms with E-state index in [1.807, 2.05) is 17.6 Å². The van der Waals surface area contributed by atoms with Crippen molar-refractivity contribution < 1.29 is 13.2 Å². The van der Waals surface area contributed by atoms with Crippen LogP contribution in [0.2, 0.25) is 0 Å². The molecule has 0 saturated heterocycles. The number of imidazole rings is 1. The van der Waals surface area contributed by atoms with Gasteiger partial charge in [-0.3, -0.25) is 9.36 Å². The Hall–Kier alpha value is -2.91. The highest BCUT2D eigenvalue weighted by molar-refractivity contribution is 7.89. The number of nitrogens with one attached hydrogen (secondary N) is 1. The van der Waals surface area contributed by atoms with Gasteiger partial charge in [-0.2, -0.15) is 0 Å². The summed E-state index contributed by atoms with van der Waals surface area (Å²) < 4.78 is 25.1. The van der Waals surface area contributed by atoms with Gasteiger partial charge < -0.3 is 9.88 Å². The van der Waals surface area contributed by atoms with Crippen molar-refractivity contribution in [3.63, 3.8) is 0 Å². The third-order valence-corrected chi connectivity index (χ3v) is 7.13. The van der Waals surface area contributed by atoms with E-state index in [9.17, 15) is 18.0 Å². The molecule has 8 nitrogen and oxygen atoms in total. The molecule has 164 valence electrons. The molecule has 3 N–H and O–H groups in total. The van der Waals surface area contributed by atoms with E-state index in [2.05, 4.69) is 4.98 Å². The van der Waals surface area contributed by atoms with Gasteiger partial charge in [-0.15, -0.1) is 0 Å². The van der Waals surface area contributed by atoms with Crippen LogP contribution in [0.25, 0.3) is 11.0 Å². The number of sulfonamides is 1. The summed E-state index contributed by atoms with van der Waals surface area (Å²) in [6.07, 6.45) is 4.22. The lowest BCUT2D eigenvalue weighted by molar-refractivity contribution is 0.0742. The van der Waals surface area contributed by atoms with Crippen molar-refractivity contribution in [2.45, 2.75) is 49.6 Å². The van der Waals surface area contributed by atoms with Crippen molar-refractivity contribution in [2.75, 3.05) is 7.05 Å². The summed E-state index contributed by atoms with van der Waals surface area (Å²) >= 11 is 0. The van der Waals surface area contributed by atoms with Crippen molar-refractivity contribution in [1.29, 1.82) is 0 Å². The van der Waals surface area contributed by atoms with Crippen LogP contribution in [0.1, 0.15) is 60.6 Å². The highest BCUT2D eigenvalue weighted by Gasteiger charge is 2.24. The first kappa shape index (κ1) is 21.3. The first-order valence-corrected chi connectivity index (χ1v) is 11.9. The summed E-state index contributed by atoms with van der Waals surface area (Å²) in [5, 5.41) is 5.23. The smallest absolute Gasteiger partial charge is 0.326 e. The fraction of sp³-hybridized carbons (Fsp3) is 0.364. The molecule has 1 atom stereocenters. The predicted octanol–water partition coefficient (Wildman–Crippen LogP) is 2.93. The normalized spacial score (nSPS) is 16.0. The number of carbonyl (C=O) groups is 1. The molecule has 0 bridgehead atoms. The number of nitrogens with zero attached hydrogens (tertiary/aromatic N) is 2. The lowest BCUT2D eigenvalue weighted by Gasteiger charge is -2.26. The number of amides is 1. The van der Waals surface area contributed by atoms with E-state index < -0.39 is 10.0 Å². The van der Waals surface area contributed by atoms with Gasteiger partial charge in [0.25, 0.3) is 5.91 Å². The second-order valence-electron chi connectivity index (χ2n) is 8.18. The Morgan fingerprint density at radius 2 is 1.90 bits per heavy atom. The topological polar surface area (TPSA) is 118 Å². The fourth-order valence-electron chi connectivity index (χ4n) is 4.34. The Balaban J connectivity index is 1.62. The Bertz CT molecular complexity index is 1300. The summed E-state index contributed by atoms with van der Waals surface area (Å²) in [6, 6.07) is 11.3. The van der Waals surface area contributed by atoms with Gasteiger partial charge in [0, 0.05) is 18.7 Å². The first-order valence-electron chi connectivity index (χ1n) is 10.3. The molecule has 0 radical (unpaired) electrons. The van der Waals surface area contributed by atoms with E-state index in [0.717, 1.165) is 31.2 Å². The number of nitrogens with two attached hydrogens (primary N) is 1. The molecule has 1 saturated carbocycles. The van der Waals surface area contributed by atoms with Crippen molar-refractivity contribution in [3.8, 4) is 0 Å². The van der Waals surface area contributed by atoms with Crippen molar-refractivity contribution in [1.82, 2.24) is 14.5 Å². The number of aromatic amines is 1. The third kappa shape index (κ3) is 4.03. The predicted molar refractivity (Wildman–Crippen MR) is 118 cm³/mol. The van der Waals surface area contributed by atoms with Crippen LogP contribution in [-0.2, 0) is 10.0 Å². The number of primary sulfonamides is 1. The van der Waals surface area contributed by atoms with E-state index in [1.165, 1.54) is 17.0 Å². The van der Waals surface area contributed by atoms with Crippen molar-refractivity contribution in [3.05, 3.63) is 64.1 Å². The molecule has 1 heterocycles. The maximum atomic E-state index is 13.1. The largest absolute Gasteiger partial charge is 0.335 e. The Morgan fingerprint density at radius 1 is 1.19 bits per heavy atom. The van der Waals surface area contributed by atoms with Crippen LogP contribution in [0.5, 0.6) is 0 Å². The lowest BCUT2D eigenvalue weighted by Crippen LogP contribution is -2.29. The minimum atomic E-state index is -3.83. The average molecular weight is 443 g/mol. The van der Waals surface area contributed by atoms with E-state index in [1.54, 1.807) is 31.3 Å². The lowest BCUT2D eigenvalue weighted by atomic mass is 10.1. The van der Waals surface area contributed by atoms with Gasteiger partial charge in [-0.05, 0) is 55.7 Å². The number of aromatic nitrogens is 2. The Kier molecular flexibility index (Phi) is 5.49. The van der Waals surface area contributed by atoms with Crippen LogP contribution in [0.3, 0.4) is 0 Å². The molecule has 1 aliphatic carbocycles. The molecule has 1 amide bonds. The van der Waals surface area contributed by atoms with Gasteiger partial charge in [0.15, 0.2) is 0 Å². The molecule has 0 aliphatic heterocycles. The number of H-pyrrole nitrogens is 1. The zero-order chi connectivity index (χ0) is 22.3. The summed E-state index contributed by atoms with van der Waals surface area (Å²) in [4.78, 5) is 30.0. The number of fused-ring (bicyclic) bond motifs is 1.